The summed E-state index contributed by atoms with van der Waals surface area (Å²) in [6.07, 6.45) is -2.75. The zero-order valence-electron chi connectivity index (χ0n) is 20.1. The van der Waals surface area contributed by atoms with Crippen molar-refractivity contribution in [3.8, 4) is 0 Å². The van der Waals surface area contributed by atoms with E-state index in [9.17, 15) is 5.11 Å². The zero-order chi connectivity index (χ0) is 24.8. The van der Waals surface area contributed by atoms with Crippen LogP contribution in [0.25, 0.3) is 0 Å². The van der Waals surface area contributed by atoms with Crippen LogP contribution in [0.4, 0.5) is 0 Å². The van der Waals surface area contributed by atoms with Gasteiger partial charge >= 0.3 is 0 Å². The van der Waals surface area contributed by atoms with Gasteiger partial charge in [-0.3, -0.25) is 0 Å². The van der Waals surface area contributed by atoms with Crippen molar-refractivity contribution in [1.82, 2.24) is 0 Å². The van der Waals surface area contributed by atoms with Gasteiger partial charge in [-0.2, -0.15) is 0 Å². The number of nitrogens with two attached hydrogens (primary N) is 1. The maximum absolute atomic E-state index is 10.0. The van der Waals surface area contributed by atoms with Crippen LogP contribution in [0.5, 0.6) is 0 Å². The van der Waals surface area contributed by atoms with Gasteiger partial charge in [-0.15, -0.1) is 0 Å². The van der Waals surface area contributed by atoms with Crippen LogP contribution in [0.2, 0.25) is 0 Å². The molecule has 2 heterocycles. The Morgan fingerprint density at radius 1 is 0.806 bits per heavy atom. The van der Waals surface area contributed by atoms with Gasteiger partial charge in [0.1, 0.15) is 18.3 Å². The van der Waals surface area contributed by atoms with Crippen molar-refractivity contribution in [3.05, 3.63) is 108 Å². The lowest BCUT2D eigenvalue weighted by atomic mass is 9.81. The van der Waals surface area contributed by atoms with Crippen LogP contribution in [-0.2, 0) is 36.9 Å². The Morgan fingerprint density at radius 3 is 2.00 bits per heavy atom. The second-order valence-corrected chi connectivity index (χ2v) is 9.28. The molecule has 0 radical (unpaired) electrons. The Hall–Kier alpha value is -2.62. The van der Waals surface area contributed by atoms with E-state index in [1.165, 1.54) is 0 Å². The van der Waals surface area contributed by atoms with E-state index in [4.69, 9.17) is 29.4 Å². The molecule has 1 unspecified atom stereocenters. The monoisotopic (exact) mass is 491 g/mol. The van der Waals surface area contributed by atoms with E-state index in [1.807, 2.05) is 91.0 Å². The van der Waals surface area contributed by atoms with Crippen LogP contribution in [0.15, 0.2) is 91.0 Å². The third kappa shape index (κ3) is 5.53. The van der Waals surface area contributed by atoms with Crippen molar-refractivity contribution >= 4 is 0 Å². The molecule has 7 heteroatoms. The molecule has 2 fully saturated rings. The summed E-state index contributed by atoms with van der Waals surface area (Å²) in [6.45, 7) is 0.805. The predicted octanol–water partition coefficient (Wildman–Crippen LogP) is 3.71. The molecule has 0 aliphatic carbocycles. The molecule has 3 aromatic carbocycles. The SMILES string of the molecule is N[C@@]1(CCO)[C@H](OCc2ccccc2)O[C@@H]2COC(c3ccccc3)O[C@H]2[C@@H]1OCc1ccccc1. The van der Waals surface area contributed by atoms with Gasteiger partial charge in [-0.1, -0.05) is 91.0 Å². The molecular weight excluding hydrogens is 458 g/mol. The molecular formula is C29H33NO6. The van der Waals surface area contributed by atoms with Gasteiger partial charge in [0.2, 0.25) is 0 Å². The molecule has 2 aliphatic heterocycles. The molecule has 3 aromatic rings. The van der Waals surface area contributed by atoms with E-state index in [0.717, 1.165) is 16.7 Å². The highest BCUT2D eigenvalue weighted by molar-refractivity contribution is 5.18. The topological polar surface area (TPSA) is 92.4 Å². The van der Waals surface area contributed by atoms with Crippen LogP contribution in [0.1, 0.15) is 29.4 Å². The van der Waals surface area contributed by atoms with Gasteiger partial charge in [0.25, 0.3) is 0 Å². The smallest absolute Gasteiger partial charge is 0.184 e. The van der Waals surface area contributed by atoms with Gasteiger partial charge in [-0.05, 0) is 17.5 Å². The molecule has 2 aliphatic rings. The van der Waals surface area contributed by atoms with E-state index >= 15 is 0 Å². The summed E-state index contributed by atoms with van der Waals surface area (Å²) in [6, 6.07) is 29.5. The molecule has 7 nitrogen and oxygen atoms in total. The molecule has 2 saturated heterocycles. The molecule has 0 aromatic heterocycles. The first kappa shape index (κ1) is 25.0. The fourth-order valence-corrected chi connectivity index (χ4v) is 4.84. The normalized spacial score (nSPS) is 30.0. The maximum Gasteiger partial charge on any atom is 0.184 e. The minimum atomic E-state index is -1.15. The Kier molecular flexibility index (Phi) is 8.09. The largest absolute Gasteiger partial charge is 0.396 e. The Bertz CT molecular complexity index is 1070. The predicted molar refractivity (Wildman–Crippen MR) is 134 cm³/mol. The summed E-state index contributed by atoms with van der Waals surface area (Å²) in [5, 5.41) is 10.0. The fourth-order valence-electron chi connectivity index (χ4n) is 4.84. The van der Waals surface area contributed by atoms with Crippen molar-refractivity contribution in [1.29, 1.82) is 0 Å². The van der Waals surface area contributed by atoms with Gasteiger partial charge in [0.15, 0.2) is 12.6 Å². The first-order valence-electron chi connectivity index (χ1n) is 12.4. The standard InChI is InChI=1S/C29H33NO6/c30-29(16-17-31)26(32-18-21-10-4-1-5-11-21)25-24(20-33-27(36-25)23-14-8-3-9-15-23)35-28(29)34-19-22-12-6-2-7-13-22/h1-15,24-28,31H,16-20,30H2/t24-,25-,26+,27?,28-,29-/m1/s1. The lowest BCUT2D eigenvalue weighted by molar-refractivity contribution is -0.365. The first-order chi connectivity index (χ1) is 17.7. The average molecular weight is 492 g/mol. The highest BCUT2D eigenvalue weighted by Gasteiger charge is 2.58. The Balaban J connectivity index is 1.42. The summed E-state index contributed by atoms with van der Waals surface area (Å²) in [7, 11) is 0. The van der Waals surface area contributed by atoms with Crippen LogP contribution in [0.3, 0.4) is 0 Å². The molecule has 190 valence electrons. The molecule has 6 atom stereocenters. The summed E-state index contributed by atoms with van der Waals surface area (Å²) in [5.74, 6) is 0. The second-order valence-electron chi connectivity index (χ2n) is 9.28. The van der Waals surface area contributed by atoms with Gasteiger partial charge in [0.05, 0.1) is 25.4 Å². The second kappa shape index (κ2) is 11.6. The molecule has 0 bridgehead atoms. The molecule has 0 saturated carbocycles. The zero-order valence-corrected chi connectivity index (χ0v) is 20.1. The summed E-state index contributed by atoms with van der Waals surface area (Å²) >= 11 is 0. The van der Waals surface area contributed by atoms with Crippen molar-refractivity contribution in [3.63, 3.8) is 0 Å². The van der Waals surface area contributed by atoms with Crippen LogP contribution in [-0.4, -0.2) is 48.5 Å². The summed E-state index contributed by atoms with van der Waals surface area (Å²) in [4.78, 5) is 0. The van der Waals surface area contributed by atoms with Crippen molar-refractivity contribution in [2.24, 2.45) is 5.73 Å². The molecule has 5 rings (SSSR count). The number of aliphatic hydroxyl groups is 1. The van der Waals surface area contributed by atoms with Crippen LogP contribution >= 0.6 is 0 Å². The molecule has 0 spiro atoms. The summed E-state index contributed by atoms with van der Waals surface area (Å²) < 4.78 is 31.6. The third-order valence-electron chi connectivity index (χ3n) is 6.76. The molecule has 0 amide bonds. The number of benzene rings is 3. The van der Waals surface area contributed by atoms with Crippen molar-refractivity contribution in [2.45, 2.75) is 56.1 Å². The minimum Gasteiger partial charge on any atom is -0.396 e. The molecule has 36 heavy (non-hydrogen) atoms. The van der Waals surface area contributed by atoms with Crippen LogP contribution in [0, 0.1) is 0 Å². The average Bonchev–Trinajstić information content (AvgIpc) is 2.93. The number of aliphatic hydroxyl groups excluding tert-OH is 1. The van der Waals surface area contributed by atoms with E-state index in [-0.39, 0.29) is 13.0 Å². The van der Waals surface area contributed by atoms with Crippen molar-refractivity contribution < 1.29 is 28.8 Å². The Morgan fingerprint density at radius 2 is 1.39 bits per heavy atom. The number of rotatable bonds is 9. The fraction of sp³-hybridized carbons (Fsp3) is 0.379. The highest BCUT2D eigenvalue weighted by atomic mass is 16.8. The van der Waals surface area contributed by atoms with Crippen molar-refractivity contribution in [2.75, 3.05) is 13.2 Å². The minimum absolute atomic E-state index is 0.147. The van der Waals surface area contributed by atoms with E-state index in [1.54, 1.807) is 0 Å². The van der Waals surface area contributed by atoms with Gasteiger partial charge in [0, 0.05) is 12.2 Å². The first-order valence-corrected chi connectivity index (χ1v) is 12.4. The number of hydrogen-bond donors (Lipinski definition) is 2. The van der Waals surface area contributed by atoms with E-state index in [2.05, 4.69) is 0 Å². The number of ether oxygens (including phenoxy) is 5. The lowest BCUT2D eigenvalue weighted by Gasteiger charge is -2.54. The van der Waals surface area contributed by atoms with E-state index in [0.29, 0.717) is 19.8 Å². The van der Waals surface area contributed by atoms with Gasteiger partial charge in [-0.25, -0.2) is 0 Å². The van der Waals surface area contributed by atoms with E-state index < -0.39 is 36.4 Å². The lowest BCUT2D eigenvalue weighted by Crippen LogP contribution is -2.73. The van der Waals surface area contributed by atoms with Crippen LogP contribution < -0.4 is 5.73 Å². The third-order valence-corrected chi connectivity index (χ3v) is 6.76. The number of hydrogen-bond acceptors (Lipinski definition) is 7. The highest BCUT2D eigenvalue weighted by Crippen LogP contribution is 2.41. The quantitative estimate of drug-likeness (QED) is 0.471. The molecule has 3 N–H and O–H groups in total. The Labute approximate surface area is 211 Å². The van der Waals surface area contributed by atoms with Gasteiger partial charge < -0.3 is 34.5 Å². The maximum atomic E-state index is 10.0. The number of fused-ring (bicyclic) bond motifs is 1. The summed E-state index contributed by atoms with van der Waals surface area (Å²) in [5.41, 5.74) is 8.79.